The van der Waals surface area contributed by atoms with Crippen LogP contribution >= 0.6 is 22.6 Å². The minimum atomic E-state index is -0.422. The van der Waals surface area contributed by atoms with Crippen molar-refractivity contribution in [2.24, 2.45) is 0 Å². The molecule has 0 atom stereocenters. The molecule has 1 N–H and O–H groups in total. The molecule has 2 aromatic rings. The molecular formula is C9H7IN2O2. The van der Waals surface area contributed by atoms with E-state index in [1.165, 1.54) is 7.11 Å². The average Bonchev–Trinajstić information content (AvgIpc) is 2.59. The highest BCUT2D eigenvalue weighted by atomic mass is 127. The standard InChI is InChI=1S/C9H7IN2O2/c1-14-9(13)8-7-5(2-3-11-8)6(10)4-12-7/h2-4,12H,1H3. The maximum absolute atomic E-state index is 11.3. The fourth-order valence-electron chi connectivity index (χ4n) is 1.27. The number of carbonyl (C=O) groups excluding carboxylic acids is 1. The van der Waals surface area contributed by atoms with Crippen LogP contribution in [0.1, 0.15) is 10.5 Å². The van der Waals surface area contributed by atoms with E-state index >= 15 is 0 Å². The maximum Gasteiger partial charge on any atom is 0.358 e. The van der Waals surface area contributed by atoms with Crippen molar-refractivity contribution in [2.45, 2.75) is 0 Å². The van der Waals surface area contributed by atoms with Crippen LogP contribution in [-0.2, 0) is 4.74 Å². The summed E-state index contributed by atoms with van der Waals surface area (Å²) in [6.45, 7) is 0. The smallest absolute Gasteiger partial charge is 0.358 e. The zero-order valence-electron chi connectivity index (χ0n) is 7.37. The number of aromatic nitrogens is 2. The molecule has 5 heteroatoms. The SMILES string of the molecule is COC(=O)c1nccc2c(I)c[nH]c12. The van der Waals surface area contributed by atoms with E-state index in [1.54, 1.807) is 6.20 Å². The summed E-state index contributed by atoms with van der Waals surface area (Å²) in [7, 11) is 1.34. The Morgan fingerprint density at radius 2 is 2.43 bits per heavy atom. The highest BCUT2D eigenvalue weighted by molar-refractivity contribution is 14.1. The lowest BCUT2D eigenvalue weighted by atomic mass is 10.2. The van der Waals surface area contributed by atoms with Crippen molar-refractivity contribution in [3.8, 4) is 0 Å². The fraction of sp³-hybridized carbons (Fsp3) is 0.111. The number of pyridine rings is 1. The molecule has 2 rings (SSSR count). The van der Waals surface area contributed by atoms with Crippen molar-refractivity contribution >= 4 is 39.5 Å². The second-order valence-corrected chi connectivity index (χ2v) is 3.87. The minimum Gasteiger partial charge on any atom is -0.464 e. The van der Waals surface area contributed by atoms with Crippen LogP contribution in [0.3, 0.4) is 0 Å². The summed E-state index contributed by atoms with van der Waals surface area (Å²) in [4.78, 5) is 18.3. The Morgan fingerprint density at radius 1 is 1.64 bits per heavy atom. The number of rotatable bonds is 1. The topological polar surface area (TPSA) is 55.0 Å². The molecule has 0 radical (unpaired) electrons. The van der Waals surface area contributed by atoms with Gasteiger partial charge in [0.2, 0.25) is 0 Å². The Labute approximate surface area is 93.8 Å². The van der Waals surface area contributed by atoms with Crippen LogP contribution < -0.4 is 0 Å². The van der Waals surface area contributed by atoms with Crippen molar-refractivity contribution in [1.82, 2.24) is 9.97 Å². The number of nitrogens with one attached hydrogen (secondary N) is 1. The van der Waals surface area contributed by atoms with Crippen LogP contribution in [-0.4, -0.2) is 23.0 Å². The number of H-pyrrole nitrogens is 1. The van der Waals surface area contributed by atoms with E-state index in [9.17, 15) is 4.79 Å². The van der Waals surface area contributed by atoms with Crippen molar-refractivity contribution in [1.29, 1.82) is 0 Å². The molecule has 0 aliphatic heterocycles. The molecule has 0 spiro atoms. The third kappa shape index (κ3) is 1.37. The van der Waals surface area contributed by atoms with Crippen LogP contribution in [0.2, 0.25) is 0 Å². The number of nitrogens with zero attached hydrogens (tertiary/aromatic N) is 1. The highest BCUT2D eigenvalue weighted by Crippen LogP contribution is 2.21. The number of hydrogen-bond donors (Lipinski definition) is 1. The normalized spacial score (nSPS) is 10.4. The highest BCUT2D eigenvalue weighted by Gasteiger charge is 2.13. The van der Waals surface area contributed by atoms with Gasteiger partial charge in [-0.05, 0) is 28.7 Å². The van der Waals surface area contributed by atoms with Gasteiger partial charge >= 0.3 is 5.97 Å². The Morgan fingerprint density at radius 3 is 3.14 bits per heavy atom. The maximum atomic E-state index is 11.3. The Bertz CT molecular complexity index is 493. The van der Waals surface area contributed by atoms with Gasteiger partial charge in [0.25, 0.3) is 0 Å². The zero-order chi connectivity index (χ0) is 10.1. The van der Waals surface area contributed by atoms with Crippen LogP contribution in [0.4, 0.5) is 0 Å². The van der Waals surface area contributed by atoms with Gasteiger partial charge in [-0.1, -0.05) is 0 Å². The third-order valence-electron chi connectivity index (χ3n) is 1.93. The van der Waals surface area contributed by atoms with E-state index in [4.69, 9.17) is 0 Å². The monoisotopic (exact) mass is 302 g/mol. The molecule has 0 fully saturated rings. The van der Waals surface area contributed by atoms with Gasteiger partial charge in [0.05, 0.1) is 12.6 Å². The summed E-state index contributed by atoms with van der Waals surface area (Å²) in [6, 6.07) is 1.86. The first-order valence-electron chi connectivity index (χ1n) is 3.94. The molecule has 2 heterocycles. The number of halogens is 1. The predicted molar refractivity (Wildman–Crippen MR) is 60.2 cm³/mol. The first-order chi connectivity index (χ1) is 6.74. The quantitative estimate of drug-likeness (QED) is 0.647. The second-order valence-electron chi connectivity index (χ2n) is 2.71. The van der Waals surface area contributed by atoms with Gasteiger partial charge in [0.15, 0.2) is 5.69 Å². The molecule has 0 amide bonds. The van der Waals surface area contributed by atoms with E-state index in [0.29, 0.717) is 5.69 Å². The predicted octanol–water partition coefficient (Wildman–Crippen LogP) is 1.95. The molecule has 72 valence electrons. The Kier molecular flexibility index (Phi) is 2.40. The summed E-state index contributed by atoms with van der Waals surface area (Å²) >= 11 is 2.19. The minimum absolute atomic E-state index is 0.327. The first kappa shape index (κ1) is 9.45. The molecule has 0 aliphatic rings. The summed E-state index contributed by atoms with van der Waals surface area (Å²) < 4.78 is 5.69. The number of aromatic amines is 1. The van der Waals surface area contributed by atoms with Crippen molar-refractivity contribution in [3.63, 3.8) is 0 Å². The molecule has 2 aromatic heterocycles. The largest absolute Gasteiger partial charge is 0.464 e. The van der Waals surface area contributed by atoms with Crippen molar-refractivity contribution in [3.05, 3.63) is 27.7 Å². The number of methoxy groups -OCH3 is 1. The molecule has 4 nitrogen and oxygen atoms in total. The van der Waals surface area contributed by atoms with E-state index in [0.717, 1.165) is 14.5 Å². The summed E-state index contributed by atoms with van der Waals surface area (Å²) in [5.41, 5.74) is 1.05. The van der Waals surface area contributed by atoms with Gasteiger partial charge in [-0.2, -0.15) is 0 Å². The van der Waals surface area contributed by atoms with Crippen LogP contribution in [0, 0.1) is 3.57 Å². The Hall–Kier alpha value is -1.11. The molecule has 0 saturated carbocycles. The van der Waals surface area contributed by atoms with E-state index in [1.807, 2.05) is 12.3 Å². The molecule has 0 aliphatic carbocycles. The van der Waals surface area contributed by atoms with Gasteiger partial charge in [0, 0.05) is 21.4 Å². The van der Waals surface area contributed by atoms with Crippen LogP contribution in [0.5, 0.6) is 0 Å². The van der Waals surface area contributed by atoms with Gasteiger partial charge in [-0.3, -0.25) is 0 Å². The lowest BCUT2D eigenvalue weighted by molar-refractivity contribution is 0.0596. The lowest BCUT2D eigenvalue weighted by Gasteiger charge is -1.99. The molecule has 0 unspecified atom stereocenters. The molecule has 0 aromatic carbocycles. The number of ether oxygens (including phenoxy) is 1. The molecule has 14 heavy (non-hydrogen) atoms. The van der Waals surface area contributed by atoms with E-state index in [2.05, 4.69) is 37.3 Å². The lowest BCUT2D eigenvalue weighted by Crippen LogP contribution is -2.04. The van der Waals surface area contributed by atoms with Gasteiger partial charge in [-0.25, -0.2) is 9.78 Å². The first-order valence-corrected chi connectivity index (χ1v) is 5.02. The second kappa shape index (κ2) is 3.56. The average molecular weight is 302 g/mol. The number of carbonyl (C=O) groups is 1. The van der Waals surface area contributed by atoms with Crippen LogP contribution in [0.25, 0.3) is 10.9 Å². The zero-order valence-corrected chi connectivity index (χ0v) is 9.53. The number of hydrogen-bond acceptors (Lipinski definition) is 3. The Balaban J connectivity index is 2.71. The summed E-state index contributed by atoms with van der Waals surface area (Å²) in [5, 5.41) is 0.987. The van der Waals surface area contributed by atoms with E-state index in [-0.39, 0.29) is 0 Å². The number of fused-ring (bicyclic) bond motifs is 1. The van der Waals surface area contributed by atoms with Gasteiger partial charge < -0.3 is 9.72 Å². The fourth-order valence-corrected chi connectivity index (χ4v) is 1.88. The van der Waals surface area contributed by atoms with E-state index < -0.39 is 5.97 Å². The summed E-state index contributed by atoms with van der Waals surface area (Å²) in [6.07, 6.45) is 3.43. The summed E-state index contributed by atoms with van der Waals surface area (Å²) in [5.74, 6) is -0.422. The van der Waals surface area contributed by atoms with Crippen molar-refractivity contribution < 1.29 is 9.53 Å². The molecular weight excluding hydrogens is 295 g/mol. The number of esters is 1. The van der Waals surface area contributed by atoms with Crippen molar-refractivity contribution in [2.75, 3.05) is 7.11 Å². The third-order valence-corrected chi connectivity index (χ3v) is 2.82. The molecule has 0 bridgehead atoms. The van der Waals surface area contributed by atoms with Gasteiger partial charge in [0.1, 0.15) is 0 Å². The van der Waals surface area contributed by atoms with Crippen LogP contribution in [0.15, 0.2) is 18.5 Å². The van der Waals surface area contributed by atoms with Gasteiger partial charge in [-0.15, -0.1) is 0 Å². The molecule has 0 saturated heterocycles.